The second-order valence-corrected chi connectivity index (χ2v) is 4.97. The Bertz CT molecular complexity index is 404. The van der Waals surface area contributed by atoms with Crippen LogP contribution in [0.1, 0.15) is 37.7 Å². The van der Waals surface area contributed by atoms with E-state index in [0.29, 0.717) is 13.2 Å². The van der Waals surface area contributed by atoms with Crippen LogP contribution in [0.4, 0.5) is 0 Å². The highest BCUT2D eigenvalue weighted by atomic mass is 16.5. The molecule has 1 aliphatic rings. The standard InChI is InChI=1S/C15H19NO2/c17-13-16-15(9-5-2-6-10-15)12-18-11-14-7-3-1-4-8-14/h1,3-4,7-8H,2,5-6,9-12H2. The molecule has 0 aromatic heterocycles. The van der Waals surface area contributed by atoms with Gasteiger partial charge in [0.2, 0.25) is 6.08 Å². The van der Waals surface area contributed by atoms with Crippen molar-refractivity contribution in [3.63, 3.8) is 0 Å². The van der Waals surface area contributed by atoms with Gasteiger partial charge in [-0.15, -0.1) is 0 Å². The summed E-state index contributed by atoms with van der Waals surface area (Å²) in [5.74, 6) is 0. The lowest BCUT2D eigenvalue weighted by atomic mass is 9.83. The van der Waals surface area contributed by atoms with Crippen molar-refractivity contribution >= 4 is 6.08 Å². The summed E-state index contributed by atoms with van der Waals surface area (Å²) in [7, 11) is 0. The van der Waals surface area contributed by atoms with Crippen LogP contribution in [-0.4, -0.2) is 18.2 Å². The summed E-state index contributed by atoms with van der Waals surface area (Å²) in [6.07, 6.45) is 7.09. The van der Waals surface area contributed by atoms with Crippen LogP contribution in [0.15, 0.2) is 35.3 Å². The van der Waals surface area contributed by atoms with Crippen LogP contribution in [0, 0.1) is 0 Å². The zero-order valence-electron chi connectivity index (χ0n) is 10.6. The first-order valence-electron chi connectivity index (χ1n) is 6.55. The molecule has 0 bridgehead atoms. The predicted octanol–water partition coefficient (Wildman–Crippen LogP) is 3.24. The third kappa shape index (κ3) is 3.52. The van der Waals surface area contributed by atoms with Crippen molar-refractivity contribution in [1.29, 1.82) is 0 Å². The smallest absolute Gasteiger partial charge is 0.235 e. The Morgan fingerprint density at radius 3 is 2.56 bits per heavy atom. The molecule has 0 N–H and O–H groups in total. The topological polar surface area (TPSA) is 38.7 Å². The summed E-state index contributed by atoms with van der Waals surface area (Å²) in [5.41, 5.74) is 0.841. The third-order valence-electron chi connectivity index (χ3n) is 3.55. The van der Waals surface area contributed by atoms with E-state index in [4.69, 9.17) is 4.74 Å². The van der Waals surface area contributed by atoms with Gasteiger partial charge in [0, 0.05) is 0 Å². The van der Waals surface area contributed by atoms with E-state index in [9.17, 15) is 4.79 Å². The average Bonchev–Trinajstić information content (AvgIpc) is 2.41. The molecule has 2 rings (SSSR count). The molecule has 96 valence electrons. The minimum atomic E-state index is -0.311. The summed E-state index contributed by atoms with van der Waals surface area (Å²) in [5, 5.41) is 0. The van der Waals surface area contributed by atoms with Gasteiger partial charge in [0.05, 0.1) is 18.8 Å². The van der Waals surface area contributed by atoms with Gasteiger partial charge >= 0.3 is 0 Å². The van der Waals surface area contributed by atoms with Gasteiger partial charge in [0.15, 0.2) is 0 Å². The Balaban J connectivity index is 1.88. The van der Waals surface area contributed by atoms with E-state index in [0.717, 1.165) is 31.2 Å². The molecule has 0 spiro atoms. The minimum absolute atomic E-state index is 0.311. The molecule has 0 saturated heterocycles. The molecule has 1 saturated carbocycles. The van der Waals surface area contributed by atoms with Crippen LogP contribution in [0.5, 0.6) is 0 Å². The van der Waals surface area contributed by atoms with E-state index in [-0.39, 0.29) is 5.54 Å². The van der Waals surface area contributed by atoms with Gasteiger partial charge in [-0.1, -0.05) is 49.6 Å². The monoisotopic (exact) mass is 245 g/mol. The van der Waals surface area contributed by atoms with Gasteiger partial charge in [-0.05, 0) is 18.4 Å². The summed E-state index contributed by atoms with van der Waals surface area (Å²) >= 11 is 0. The van der Waals surface area contributed by atoms with Crippen molar-refractivity contribution in [2.75, 3.05) is 6.61 Å². The molecule has 1 fully saturated rings. The van der Waals surface area contributed by atoms with Crippen molar-refractivity contribution in [3.05, 3.63) is 35.9 Å². The first kappa shape index (κ1) is 13.0. The van der Waals surface area contributed by atoms with Crippen molar-refractivity contribution in [3.8, 4) is 0 Å². The number of hydrogen-bond donors (Lipinski definition) is 0. The van der Waals surface area contributed by atoms with Crippen molar-refractivity contribution in [1.82, 2.24) is 0 Å². The predicted molar refractivity (Wildman–Crippen MR) is 70.0 cm³/mol. The number of aliphatic imine (C=N–C) groups is 1. The van der Waals surface area contributed by atoms with E-state index in [2.05, 4.69) is 4.99 Å². The Morgan fingerprint density at radius 2 is 1.89 bits per heavy atom. The number of ether oxygens (including phenoxy) is 1. The van der Waals surface area contributed by atoms with Crippen molar-refractivity contribution in [2.45, 2.75) is 44.2 Å². The lowest BCUT2D eigenvalue weighted by Crippen LogP contribution is -2.34. The molecule has 0 amide bonds. The molecule has 0 aliphatic heterocycles. The van der Waals surface area contributed by atoms with E-state index >= 15 is 0 Å². The van der Waals surface area contributed by atoms with Gasteiger partial charge in [-0.25, -0.2) is 4.79 Å². The van der Waals surface area contributed by atoms with E-state index in [1.165, 1.54) is 6.42 Å². The van der Waals surface area contributed by atoms with Gasteiger partial charge in [-0.2, -0.15) is 4.99 Å². The molecule has 0 unspecified atom stereocenters. The Kier molecular flexibility index (Phi) is 4.68. The maximum atomic E-state index is 10.6. The normalized spacial score (nSPS) is 18.0. The molecule has 1 aromatic carbocycles. The van der Waals surface area contributed by atoms with Gasteiger partial charge in [0.1, 0.15) is 0 Å². The Morgan fingerprint density at radius 1 is 1.17 bits per heavy atom. The third-order valence-corrected chi connectivity index (χ3v) is 3.55. The summed E-state index contributed by atoms with van der Waals surface area (Å²) in [4.78, 5) is 14.6. The van der Waals surface area contributed by atoms with Crippen LogP contribution in [0.3, 0.4) is 0 Å². The Hall–Kier alpha value is -1.44. The maximum Gasteiger partial charge on any atom is 0.235 e. The van der Waals surface area contributed by atoms with Crippen LogP contribution in [-0.2, 0) is 16.1 Å². The van der Waals surface area contributed by atoms with Crippen LogP contribution in [0.2, 0.25) is 0 Å². The number of carbonyl (C=O) groups excluding carboxylic acids is 1. The van der Waals surface area contributed by atoms with E-state index < -0.39 is 0 Å². The number of isocyanates is 1. The van der Waals surface area contributed by atoms with Crippen molar-refractivity contribution in [2.24, 2.45) is 4.99 Å². The minimum Gasteiger partial charge on any atom is -0.374 e. The quantitative estimate of drug-likeness (QED) is 0.590. The summed E-state index contributed by atoms with van der Waals surface area (Å²) < 4.78 is 5.74. The van der Waals surface area contributed by atoms with Gasteiger partial charge in [0.25, 0.3) is 0 Å². The first-order valence-corrected chi connectivity index (χ1v) is 6.55. The highest BCUT2D eigenvalue weighted by molar-refractivity contribution is 5.35. The highest BCUT2D eigenvalue weighted by Gasteiger charge is 2.32. The molecule has 0 atom stereocenters. The molecule has 0 heterocycles. The van der Waals surface area contributed by atoms with Crippen LogP contribution < -0.4 is 0 Å². The molecular weight excluding hydrogens is 226 g/mol. The van der Waals surface area contributed by atoms with Crippen LogP contribution >= 0.6 is 0 Å². The number of benzene rings is 1. The molecule has 3 heteroatoms. The first-order chi connectivity index (χ1) is 8.85. The molecule has 3 nitrogen and oxygen atoms in total. The van der Waals surface area contributed by atoms with Crippen LogP contribution in [0.25, 0.3) is 0 Å². The fourth-order valence-electron chi connectivity index (χ4n) is 2.53. The second kappa shape index (κ2) is 6.48. The number of hydrogen-bond acceptors (Lipinski definition) is 3. The summed E-state index contributed by atoms with van der Waals surface area (Å²) in [6.45, 7) is 1.11. The molecule has 1 aromatic rings. The zero-order valence-corrected chi connectivity index (χ0v) is 10.6. The fraction of sp³-hybridized carbons (Fsp3) is 0.533. The molecule has 18 heavy (non-hydrogen) atoms. The van der Waals surface area contributed by atoms with Gasteiger partial charge in [-0.3, -0.25) is 0 Å². The van der Waals surface area contributed by atoms with E-state index in [1.54, 1.807) is 6.08 Å². The molecule has 1 aliphatic carbocycles. The van der Waals surface area contributed by atoms with Gasteiger partial charge < -0.3 is 4.74 Å². The zero-order chi connectivity index (χ0) is 12.7. The van der Waals surface area contributed by atoms with Crippen molar-refractivity contribution < 1.29 is 9.53 Å². The second-order valence-electron chi connectivity index (χ2n) is 4.97. The maximum absolute atomic E-state index is 10.6. The fourth-order valence-corrected chi connectivity index (χ4v) is 2.53. The SMILES string of the molecule is O=C=NC1(COCc2ccccc2)CCCCC1. The lowest BCUT2D eigenvalue weighted by molar-refractivity contribution is 0.0585. The molecular formula is C15H19NO2. The highest BCUT2D eigenvalue weighted by Crippen LogP contribution is 2.31. The lowest BCUT2D eigenvalue weighted by Gasteiger charge is -2.31. The number of nitrogens with zero attached hydrogens (tertiary/aromatic N) is 1. The number of rotatable bonds is 5. The average molecular weight is 245 g/mol. The summed E-state index contributed by atoms with van der Waals surface area (Å²) in [6, 6.07) is 10.1. The Labute approximate surface area is 108 Å². The molecule has 0 radical (unpaired) electrons. The van der Waals surface area contributed by atoms with E-state index in [1.807, 2.05) is 30.3 Å². The largest absolute Gasteiger partial charge is 0.374 e.